The molecule has 1 aliphatic rings. The number of hydrogen-bond donors (Lipinski definition) is 2. The van der Waals surface area contributed by atoms with Crippen molar-refractivity contribution in [2.45, 2.75) is 61.3 Å². The molecule has 0 aromatic rings. The zero-order valence-electron chi connectivity index (χ0n) is 11.8. The summed E-state index contributed by atoms with van der Waals surface area (Å²) < 4.78 is 131. The van der Waals surface area contributed by atoms with Gasteiger partial charge in [0.2, 0.25) is 0 Å². The molecule has 0 amide bonds. The summed E-state index contributed by atoms with van der Waals surface area (Å²) in [5, 5.41) is -1.60. The summed E-state index contributed by atoms with van der Waals surface area (Å²) in [5.41, 5.74) is -0.192. The molecule has 14 heteroatoms. The van der Waals surface area contributed by atoms with Crippen LogP contribution in [0.25, 0.3) is 0 Å². The molecule has 1 saturated heterocycles. The summed E-state index contributed by atoms with van der Waals surface area (Å²) in [4.78, 5) is 0. The summed E-state index contributed by atoms with van der Waals surface area (Å²) in [6.07, 6.45) is -19.1. The van der Waals surface area contributed by atoms with Gasteiger partial charge in [-0.05, 0) is 13.8 Å². The minimum atomic E-state index is -6.86. The van der Waals surface area contributed by atoms with Crippen LogP contribution in [0.1, 0.15) is 13.8 Å². The number of nitrogens with one attached hydrogen (secondary N) is 2. The lowest BCUT2D eigenvalue weighted by molar-refractivity contribution is -0.463. The Labute approximate surface area is 133 Å². The molecule has 0 aromatic heterocycles. The Morgan fingerprint density at radius 3 is 1.58 bits per heavy atom. The van der Waals surface area contributed by atoms with Crippen molar-refractivity contribution in [3.8, 4) is 0 Å². The van der Waals surface area contributed by atoms with E-state index in [9.17, 15) is 43.9 Å². The van der Waals surface area contributed by atoms with E-state index in [0.29, 0.717) is 0 Å². The molecule has 0 saturated carbocycles. The molecule has 0 spiro atoms. The van der Waals surface area contributed by atoms with Gasteiger partial charge in [-0.3, -0.25) is 10.2 Å². The van der Waals surface area contributed by atoms with Crippen LogP contribution >= 0.6 is 11.6 Å². The van der Waals surface area contributed by atoms with E-state index in [0.717, 1.165) is 0 Å². The first kappa shape index (κ1) is 21.5. The van der Waals surface area contributed by atoms with Crippen LogP contribution in [-0.2, 0) is 4.74 Å². The van der Waals surface area contributed by atoms with Gasteiger partial charge in [-0.15, -0.1) is 11.6 Å². The second-order valence-corrected chi connectivity index (χ2v) is 5.80. The fourth-order valence-corrected chi connectivity index (χ4v) is 2.27. The maximum Gasteiger partial charge on any atom is 0.462 e. The highest BCUT2D eigenvalue weighted by Crippen LogP contribution is 2.51. The van der Waals surface area contributed by atoms with Gasteiger partial charge in [-0.25, -0.2) is 5.43 Å². The molecule has 2 N–H and O–H groups in total. The highest BCUT2D eigenvalue weighted by Gasteiger charge is 2.78. The third-order valence-electron chi connectivity index (χ3n) is 3.48. The van der Waals surface area contributed by atoms with Crippen LogP contribution in [0.3, 0.4) is 0 Å². The van der Waals surface area contributed by atoms with Crippen LogP contribution in [0, 0.1) is 0 Å². The van der Waals surface area contributed by atoms with Crippen molar-refractivity contribution in [1.29, 1.82) is 0 Å². The van der Waals surface area contributed by atoms with E-state index in [1.807, 2.05) is 5.43 Å². The normalized spacial score (nSPS) is 29.6. The lowest BCUT2D eigenvalue weighted by Gasteiger charge is -2.41. The zero-order valence-corrected chi connectivity index (χ0v) is 12.6. The Morgan fingerprint density at radius 2 is 1.29 bits per heavy atom. The van der Waals surface area contributed by atoms with E-state index in [1.54, 1.807) is 0 Å². The topological polar surface area (TPSA) is 33.3 Å². The van der Waals surface area contributed by atoms with E-state index in [1.165, 1.54) is 6.92 Å². The van der Waals surface area contributed by atoms with Crippen LogP contribution in [-0.4, -0.2) is 47.4 Å². The van der Waals surface area contributed by atoms with Gasteiger partial charge in [0, 0.05) is 6.04 Å². The molecule has 0 unspecified atom stereocenters. The highest BCUT2D eigenvalue weighted by molar-refractivity contribution is 6.21. The quantitative estimate of drug-likeness (QED) is 0.559. The van der Waals surface area contributed by atoms with Crippen molar-refractivity contribution in [2.24, 2.45) is 0 Å². The predicted octanol–water partition coefficient (Wildman–Crippen LogP) is 3.59. The molecule has 4 atom stereocenters. The van der Waals surface area contributed by atoms with Gasteiger partial charge in [0.1, 0.15) is 0 Å². The maximum absolute atomic E-state index is 13.3. The number of hydrazine groups is 1. The number of halogens is 11. The highest BCUT2D eigenvalue weighted by atomic mass is 35.5. The largest absolute Gasteiger partial charge is 0.462 e. The van der Waals surface area contributed by atoms with E-state index >= 15 is 0 Å². The van der Waals surface area contributed by atoms with Crippen LogP contribution in [0.5, 0.6) is 0 Å². The molecular formula is C10H11ClF10N2O. The van der Waals surface area contributed by atoms with Gasteiger partial charge in [0.05, 0.1) is 11.4 Å². The van der Waals surface area contributed by atoms with E-state index in [2.05, 4.69) is 10.2 Å². The molecule has 24 heavy (non-hydrogen) atoms. The van der Waals surface area contributed by atoms with Gasteiger partial charge < -0.3 is 0 Å². The Bertz CT molecular complexity index is 468. The SMILES string of the molecule is C[C@H]1NN[C@@H]([C@](C)(OC(F)(F)C(F)(F)C(F)(F)F)C(F)(F)F)[C@H]1Cl. The van der Waals surface area contributed by atoms with Crippen molar-refractivity contribution >= 4 is 11.6 Å². The van der Waals surface area contributed by atoms with Gasteiger partial charge in [0.15, 0.2) is 5.60 Å². The first-order chi connectivity index (χ1) is 10.4. The van der Waals surface area contributed by atoms with E-state index in [-0.39, 0.29) is 6.92 Å². The van der Waals surface area contributed by atoms with Crippen molar-refractivity contribution in [3.63, 3.8) is 0 Å². The second kappa shape index (κ2) is 6.02. The minimum absolute atomic E-state index is 0.0971. The smallest absolute Gasteiger partial charge is 0.298 e. The van der Waals surface area contributed by atoms with Crippen LogP contribution in [0.15, 0.2) is 0 Å². The Balaban J connectivity index is 3.30. The summed E-state index contributed by atoms with van der Waals surface area (Å²) in [6, 6.07) is -3.22. The molecule has 1 rings (SSSR count). The van der Waals surface area contributed by atoms with Gasteiger partial charge >= 0.3 is 24.4 Å². The molecule has 3 nitrogen and oxygen atoms in total. The Morgan fingerprint density at radius 1 is 0.833 bits per heavy atom. The Hall–Kier alpha value is -0.530. The summed E-state index contributed by atoms with van der Waals surface area (Å²) in [6.45, 7) is 1.13. The second-order valence-electron chi connectivity index (χ2n) is 5.30. The molecule has 0 aromatic carbocycles. The van der Waals surface area contributed by atoms with E-state index < -0.39 is 47.4 Å². The molecule has 0 aliphatic carbocycles. The molecule has 144 valence electrons. The van der Waals surface area contributed by atoms with Crippen molar-refractivity contribution in [1.82, 2.24) is 10.9 Å². The van der Waals surface area contributed by atoms with Crippen LogP contribution < -0.4 is 10.9 Å². The molecule has 1 aliphatic heterocycles. The molecule has 0 radical (unpaired) electrons. The number of hydrogen-bond acceptors (Lipinski definition) is 3. The molecular weight excluding hydrogens is 390 g/mol. The fraction of sp³-hybridized carbons (Fsp3) is 1.00. The first-order valence-electron chi connectivity index (χ1n) is 6.13. The van der Waals surface area contributed by atoms with Crippen LogP contribution in [0.4, 0.5) is 43.9 Å². The standard InChI is InChI=1S/C10H11ClF10N2O/c1-3-4(11)5(23-22-3)6(2,8(14,15)16)24-10(20,21)7(12,13)9(17,18)19/h3-5,22-23H,1-2H3/t3-,4+,5-,6+/m1/s1. The summed E-state index contributed by atoms with van der Waals surface area (Å²) in [5.74, 6) is -6.86. The lowest BCUT2D eigenvalue weighted by Crippen LogP contribution is -2.66. The number of alkyl halides is 11. The van der Waals surface area contributed by atoms with Crippen molar-refractivity contribution < 1.29 is 48.6 Å². The summed E-state index contributed by atoms with van der Waals surface area (Å²) >= 11 is 5.59. The number of rotatable bonds is 4. The predicted molar refractivity (Wildman–Crippen MR) is 60.7 cm³/mol. The van der Waals surface area contributed by atoms with Gasteiger partial charge in [-0.2, -0.15) is 43.9 Å². The minimum Gasteiger partial charge on any atom is -0.298 e. The van der Waals surface area contributed by atoms with Crippen molar-refractivity contribution in [3.05, 3.63) is 0 Å². The fourth-order valence-electron chi connectivity index (χ4n) is 1.90. The first-order valence-corrected chi connectivity index (χ1v) is 6.56. The van der Waals surface area contributed by atoms with Gasteiger partial charge in [-0.1, -0.05) is 0 Å². The van der Waals surface area contributed by atoms with Crippen LogP contribution in [0.2, 0.25) is 0 Å². The monoisotopic (exact) mass is 400 g/mol. The molecule has 0 bridgehead atoms. The average Bonchev–Trinajstić information content (AvgIpc) is 2.66. The van der Waals surface area contributed by atoms with E-state index in [4.69, 9.17) is 11.6 Å². The number of ether oxygens (including phenoxy) is 1. The third-order valence-corrected chi connectivity index (χ3v) is 4.11. The lowest BCUT2D eigenvalue weighted by atomic mass is 9.91. The molecule has 1 heterocycles. The van der Waals surface area contributed by atoms with Crippen molar-refractivity contribution in [2.75, 3.05) is 0 Å². The summed E-state index contributed by atoms with van der Waals surface area (Å²) in [7, 11) is 0. The molecule has 1 fully saturated rings. The van der Waals surface area contributed by atoms with Gasteiger partial charge in [0.25, 0.3) is 0 Å². The maximum atomic E-state index is 13.3. The zero-order chi connectivity index (χ0) is 19.4. The average molecular weight is 401 g/mol. The Kier molecular flexibility index (Phi) is 5.40. The third kappa shape index (κ3) is 3.40.